The Labute approximate surface area is 193 Å². The third kappa shape index (κ3) is 5.06. The van der Waals surface area contributed by atoms with Crippen LogP contribution in [-0.4, -0.2) is 28.7 Å². The van der Waals surface area contributed by atoms with Crippen LogP contribution in [0.15, 0.2) is 90.1 Å². The fraction of sp³-hybridized carbons (Fsp3) is 0.200. The maximum absolute atomic E-state index is 13.1. The van der Waals surface area contributed by atoms with Crippen molar-refractivity contribution in [3.63, 3.8) is 0 Å². The predicted molar refractivity (Wildman–Crippen MR) is 127 cm³/mol. The van der Waals surface area contributed by atoms with E-state index in [2.05, 4.69) is 9.82 Å². The van der Waals surface area contributed by atoms with Crippen LogP contribution in [0.4, 0.5) is 0 Å². The Morgan fingerprint density at radius 2 is 1.64 bits per heavy atom. The van der Waals surface area contributed by atoms with E-state index in [0.29, 0.717) is 12.2 Å². The predicted octanol–water partition coefficient (Wildman–Crippen LogP) is 4.14. The summed E-state index contributed by atoms with van der Waals surface area (Å²) in [6, 6.07) is 21.3. The topological polar surface area (TPSA) is 86.0 Å². The Balaban J connectivity index is 1.67. The van der Waals surface area contributed by atoms with Crippen molar-refractivity contribution in [1.82, 2.24) is 19.1 Å². The summed E-state index contributed by atoms with van der Waals surface area (Å²) in [7, 11) is -4.00. The molecule has 0 saturated carbocycles. The highest BCUT2D eigenvalue weighted by Gasteiger charge is 2.26. The Morgan fingerprint density at radius 1 is 0.939 bits per heavy atom. The molecule has 2 heterocycles. The SMILES string of the molecule is CC(C)(C)c1cc(C(=O)NS(=O)(=O)c2ccccc2)n(Cc2cccc(-n3cccc3)c2)n1. The second-order valence-corrected chi connectivity index (χ2v) is 10.5. The minimum absolute atomic E-state index is 0.0277. The molecular weight excluding hydrogens is 436 g/mol. The standard InChI is InChI=1S/C25H26N4O3S/c1-25(2,3)23-17-22(24(30)27-33(31,32)21-12-5-4-6-13-21)29(26-23)18-19-10-9-11-20(16-19)28-14-7-8-15-28/h4-17H,18H2,1-3H3,(H,27,30). The minimum Gasteiger partial charge on any atom is -0.324 e. The van der Waals surface area contributed by atoms with Gasteiger partial charge in [-0.05, 0) is 48.0 Å². The lowest BCUT2D eigenvalue weighted by Crippen LogP contribution is -2.32. The molecule has 4 rings (SSSR count). The molecule has 8 heteroatoms. The molecule has 1 amide bonds. The number of nitrogens with one attached hydrogen (secondary N) is 1. The van der Waals surface area contributed by atoms with Crippen LogP contribution in [0.25, 0.3) is 5.69 Å². The van der Waals surface area contributed by atoms with E-state index in [9.17, 15) is 13.2 Å². The van der Waals surface area contributed by atoms with E-state index in [4.69, 9.17) is 0 Å². The number of sulfonamides is 1. The summed E-state index contributed by atoms with van der Waals surface area (Å²) in [6.45, 7) is 6.30. The highest BCUT2D eigenvalue weighted by Crippen LogP contribution is 2.23. The second-order valence-electron chi connectivity index (χ2n) is 8.83. The number of aromatic nitrogens is 3. The summed E-state index contributed by atoms with van der Waals surface area (Å²) < 4.78 is 31.1. The van der Waals surface area contributed by atoms with E-state index < -0.39 is 15.9 Å². The van der Waals surface area contributed by atoms with E-state index in [1.54, 1.807) is 28.9 Å². The number of rotatable bonds is 6. The zero-order valence-electron chi connectivity index (χ0n) is 18.8. The molecule has 0 aliphatic carbocycles. The van der Waals surface area contributed by atoms with Gasteiger partial charge in [-0.3, -0.25) is 9.48 Å². The lowest BCUT2D eigenvalue weighted by Gasteiger charge is -2.14. The maximum Gasteiger partial charge on any atom is 0.283 e. The van der Waals surface area contributed by atoms with Gasteiger partial charge in [0.05, 0.1) is 17.1 Å². The van der Waals surface area contributed by atoms with Gasteiger partial charge in [0.15, 0.2) is 0 Å². The molecule has 7 nitrogen and oxygen atoms in total. The molecule has 0 aliphatic heterocycles. The van der Waals surface area contributed by atoms with Crippen LogP contribution in [0, 0.1) is 0 Å². The molecule has 0 fully saturated rings. The monoisotopic (exact) mass is 462 g/mol. The third-order valence-corrected chi connectivity index (χ3v) is 6.55. The molecule has 0 saturated heterocycles. The number of amides is 1. The number of hydrogen-bond donors (Lipinski definition) is 1. The Hall–Kier alpha value is -3.65. The summed E-state index contributed by atoms with van der Waals surface area (Å²) in [5.74, 6) is -0.719. The average Bonchev–Trinajstić information content (AvgIpc) is 3.44. The van der Waals surface area contributed by atoms with E-state index >= 15 is 0 Å². The van der Waals surface area contributed by atoms with Crippen molar-refractivity contribution < 1.29 is 13.2 Å². The summed E-state index contributed by atoms with van der Waals surface area (Å²) in [5.41, 5.74) is 2.49. The van der Waals surface area contributed by atoms with Crippen LogP contribution in [0.5, 0.6) is 0 Å². The first kappa shape index (κ1) is 22.5. The Bertz CT molecular complexity index is 1370. The van der Waals surface area contributed by atoms with Crippen molar-refractivity contribution in [3.8, 4) is 5.69 Å². The quantitative estimate of drug-likeness (QED) is 0.467. The number of benzene rings is 2. The lowest BCUT2D eigenvalue weighted by atomic mass is 9.92. The summed E-state index contributed by atoms with van der Waals surface area (Å²) >= 11 is 0. The summed E-state index contributed by atoms with van der Waals surface area (Å²) in [6.07, 6.45) is 3.91. The molecule has 0 aliphatic rings. The molecule has 0 unspecified atom stereocenters. The zero-order chi connectivity index (χ0) is 23.6. The van der Waals surface area contributed by atoms with Crippen molar-refractivity contribution in [1.29, 1.82) is 0 Å². The number of nitrogens with zero attached hydrogens (tertiary/aromatic N) is 3. The van der Waals surface area contributed by atoms with Gasteiger partial charge in [-0.25, -0.2) is 13.1 Å². The molecule has 0 radical (unpaired) electrons. The van der Waals surface area contributed by atoms with Crippen molar-refractivity contribution in [2.24, 2.45) is 0 Å². The van der Waals surface area contributed by atoms with Crippen LogP contribution in [0.2, 0.25) is 0 Å². The highest BCUT2D eigenvalue weighted by atomic mass is 32.2. The van der Waals surface area contributed by atoms with Crippen molar-refractivity contribution in [2.75, 3.05) is 0 Å². The highest BCUT2D eigenvalue weighted by molar-refractivity contribution is 7.90. The normalized spacial score (nSPS) is 12.0. The molecule has 1 N–H and O–H groups in total. The van der Waals surface area contributed by atoms with Crippen LogP contribution >= 0.6 is 0 Å². The van der Waals surface area contributed by atoms with Gasteiger partial charge >= 0.3 is 0 Å². The number of carbonyl (C=O) groups excluding carboxylic acids is 1. The van der Waals surface area contributed by atoms with E-state index in [1.165, 1.54) is 12.1 Å². The van der Waals surface area contributed by atoms with Crippen LogP contribution in [0.3, 0.4) is 0 Å². The van der Waals surface area contributed by atoms with Gasteiger partial charge in [0, 0.05) is 23.5 Å². The van der Waals surface area contributed by atoms with Gasteiger partial charge in [0.25, 0.3) is 15.9 Å². The molecule has 33 heavy (non-hydrogen) atoms. The summed E-state index contributed by atoms with van der Waals surface area (Å²) in [5, 5.41) is 4.65. The van der Waals surface area contributed by atoms with Crippen molar-refractivity contribution in [3.05, 3.63) is 102 Å². The molecule has 2 aromatic carbocycles. The summed E-state index contributed by atoms with van der Waals surface area (Å²) in [4.78, 5) is 13.1. The maximum atomic E-state index is 13.1. The number of carbonyl (C=O) groups is 1. The first-order valence-electron chi connectivity index (χ1n) is 10.6. The van der Waals surface area contributed by atoms with Crippen molar-refractivity contribution in [2.45, 2.75) is 37.6 Å². The number of hydrogen-bond acceptors (Lipinski definition) is 4. The van der Waals surface area contributed by atoms with Gasteiger partial charge in [-0.1, -0.05) is 51.1 Å². The largest absolute Gasteiger partial charge is 0.324 e. The Kier molecular flexibility index (Phi) is 5.95. The second kappa shape index (κ2) is 8.71. The molecule has 170 valence electrons. The first-order chi connectivity index (χ1) is 15.6. The average molecular weight is 463 g/mol. The zero-order valence-corrected chi connectivity index (χ0v) is 19.6. The minimum atomic E-state index is -4.00. The van der Waals surface area contributed by atoms with E-state index in [1.807, 2.05) is 74.1 Å². The van der Waals surface area contributed by atoms with Crippen LogP contribution in [0.1, 0.15) is 42.5 Å². The molecule has 0 bridgehead atoms. The molecule has 0 atom stereocenters. The van der Waals surface area contributed by atoms with E-state index in [0.717, 1.165) is 11.3 Å². The third-order valence-electron chi connectivity index (χ3n) is 5.21. The van der Waals surface area contributed by atoms with Crippen LogP contribution in [-0.2, 0) is 22.0 Å². The van der Waals surface area contributed by atoms with E-state index in [-0.39, 0.29) is 16.0 Å². The van der Waals surface area contributed by atoms with Gasteiger partial charge in [0.1, 0.15) is 5.69 Å². The molecule has 2 aromatic heterocycles. The molecule has 4 aromatic rings. The Morgan fingerprint density at radius 3 is 2.30 bits per heavy atom. The first-order valence-corrected chi connectivity index (χ1v) is 12.0. The van der Waals surface area contributed by atoms with Crippen LogP contribution < -0.4 is 4.72 Å². The fourth-order valence-corrected chi connectivity index (χ4v) is 4.40. The molecule has 0 spiro atoms. The van der Waals surface area contributed by atoms with Crippen molar-refractivity contribution >= 4 is 15.9 Å². The van der Waals surface area contributed by atoms with Gasteiger partial charge in [-0.15, -0.1) is 0 Å². The fourth-order valence-electron chi connectivity index (χ4n) is 3.41. The smallest absolute Gasteiger partial charge is 0.283 e. The molecular formula is C25H26N4O3S. The lowest BCUT2D eigenvalue weighted by molar-refractivity contribution is 0.0971. The van der Waals surface area contributed by atoms with Gasteiger partial charge < -0.3 is 4.57 Å². The van der Waals surface area contributed by atoms with Gasteiger partial charge in [0.2, 0.25) is 0 Å². The van der Waals surface area contributed by atoms with Gasteiger partial charge in [-0.2, -0.15) is 5.10 Å².